The maximum Gasteiger partial charge on any atom is 0.253 e. The Hall–Kier alpha value is -3.02. The molecule has 2 aromatic rings. The second kappa shape index (κ2) is 10.5. The predicted octanol–water partition coefficient (Wildman–Crippen LogP) is 4.15. The van der Waals surface area contributed by atoms with E-state index >= 15 is 0 Å². The zero-order chi connectivity index (χ0) is 20.5. The molecule has 1 fully saturated rings. The quantitative estimate of drug-likeness (QED) is 0.704. The van der Waals surface area contributed by atoms with Crippen molar-refractivity contribution in [3.63, 3.8) is 0 Å². The Balaban J connectivity index is 1.50. The molecule has 2 N–H and O–H groups in total. The van der Waals surface area contributed by atoms with Gasteiger partial charge in [0.1, 0.15) is 5.75 Å². The zero-order valence-electron chi connectivity index (χ0n) is 16.9. The van der Waals surface area contributed by atoms with Crippen LogP contribution in [0.5, 0.6) is 5.75 Å². The van der Waals surface area contributed by atoms with Crippen LogP contribution in [0.15, 0.2) is 48.5 Å². The van der Waals surface area contributed by atoms with Gasteiger partial charge < -0.3 is 20.3 Å². The largest absolute Gasteiger partial charge is 0.494 e. The lowest BCUT2D eigenvalue weighted by Crippen LogP contribution is -2.35. The third kappa shape index (κ3) is 6.24. The molecule has 0 aromatic heterocycles. The lowest BCUT2D eigenvalue weighted by atomic mass is 10.1. The number of ether oxygens (including phenoxy) is 1. The molecule has 2 aromatic carbocycles. The van der Waals surface area contributed by atoms with Crippen LogP contribution in [0.2, 0.25) is 0 Å². The topological polar surface area (TPSA) is 70.7 Å². The number of nitrogens with zero attached hydrogens (tertiary/aromatic N) is 1. The predicted molar refractivity (Wildman–Crippen MR) is 116 cm³/mol. The zero-order valence-corrected chi connectivity index (χ0v) is 16.9. The highest BCUT2D eigenvalue weighted by Crippen LogP contribution is 2.17. The van der Waals surface area contributed by atoms with Crippen molar-refractivity contribution in [3.8, 4) is 5.75 Å². The van der Waals surface area contributed by atoms with Crippen molar-refractivity contribution < 1.29 is 14.3 Å². The number of piperidine rings is 1. The first-order valence-corrected chi connectivity index (χ1v) is 10.3. The standard InChI is InChI=1S/C23H29N3O3/c1-2-15-29-21-11-9-19(10-12-21)25-22(27)17-24-20-8-6-7-18(16-20)23(28)26-13-4-3-5-14-26/h6-12,16,24H,2-5,13-15,17H2,1H3,(H,25,27). The van der Waals surface area contributed by atoms with E-state index in [1.165, 1.54) is 6.42 Å². The summed E-state index contributed by atoms with van der Waals surface area (Å²) in [5, 5.41) is 5.95. The smallest absolute Gasteiger partial charge is 0.253 e. The molecule has 29 heavy (non-hydrogen) atoms. The van der Waals surface area contributed by atoms with E-state index in [4.69, 9.17) is 4.74 Å². The fourth-order valence-corrected chi connectivity index (χ4v) is 3.28. The summed E-state index contributed by atoms with van der Waals surface area (Å²) in [7, 11) is 0. The monoisotopic (exact) mass is 395 g/mol. The third-order valence-corrected chi connectivity index (χ3v) is 4.82. The molecule has 0 aliphatic carbocycles. The van der Waals surface area contributed by atoms with Crippen molar-refractivity contribution in [2.24, 2.45) is 0 Å². The Morgan fingerprint density at radius 3 is 2.48 bits per heavy atom. The maximum atomic E-state index is 12.6. The molecule has 0 bridgehead atoms. The van der Waals surface area contributed by atoms with Gasteiger partial charge in [-0.2, -0.15) is 0 Å². The second-order valence-electron chi connectivity index (χ2n) is 7.21. The molecule has 154 valence electrons. The highest BCUT2D eigenvalue weighted by Gasteiger charge is 2.18. The van der Waals surface area contributed by atoms with Crippen molar-refractivity contribution in [1.29, 1.82) is 0 Å². The third-order valence-electron chi connectivity index (χ3n) is 4.82. The minimum absolute atomic E-state index is 0.0585. The van der Waals surface area contributed by atoms with Gasteiger partial charge in [0, 0.05) is 30.0 Å². The summed E-state index contributed by atoms with van der Waals surface area (Å²) in [6.45, 7) is 4.49. The first-order valence-electron chi connectivity index (χ1n) is 10.3. The van der Waals surface area contributed by atoms with E-state index in [-0.39, 0.29) is 18.4 Å². The Labute approximate surface area is 172 Å². The molecular formula is C23H29N3O3. The van der Waals surface area contributed by atoms with Gasteiger partial charge in [-0.05, 0) is 68.1 Å². The van der Waals surface area contributed by atoms with E-state index in [1.54, 1.807) is 0 Å². The van der Waals surface area contributed by atoms with Crippen molar-refractivity contribution in [1.82, 2.24) is 4.90 Å². The number of hydrogen-bond acceptors (Lipinski definition) is 4. The lowest BCUT2D eigenvalue weighted by molar-refractivity contribution is -0.114. The van der Waals surface area contributed by atoms with Crippen molar-refractivity contribution in [3.05, 3.63) is 54.1 Å². The molecule has 0 unspecified atom stereocenters. The van der Waals surface area contributed by atoms with Crippen molar-refractivity contribution in [2.45, 2.75) is 32.6 Å². The molecule has 0 saturated carbocycles. The SMILES string of the molecule is CCCOc1ccc(NC(=O)CNc2cccc(C(=O)N3CCCCC3)c2)cc1. The van der Waals surface area contributed by atoms with Crippen LogP contribution >= 0.6 is 0 Å². The average molecular weight is 396 g/mol. The molecule has 1 aliphatic heterocycles. The molecule has 0 atom stereocenters. The van der Waals surface area contributed by atoms with E-state index < -0.39 is 0 Å². The van der Waals surface area contributed by atoms with Crippen LogP contribution in [0.1, 0.15) is 43.0 Å². The van der Waals surface area contributed by atoms with Gasteiger partial charge in [-0.1, -0.05) is 13.0 Å². The molecule has 2 amide bonds. The minimum Gasteiger partial charge on any atom is -0.494 e. The summed E-state index contributed by atoms with van der Waals surface area (Å²) in [5.41, 5.74) is 2.13. The number of likely N-dealkylation sites (tertiary alicyclic amines) is 1. The first kappa shape index (κ1) is 20.7. The summed E-state index contributed by atoms with van der Waals surface area (Å²) in [4.78, 5) is 26.8. The summed E-state index contributed by atoms with van der Waals surface area (Å²) in [6.07, 6.45) is 4.27. The summed E-state index contributed by atoms with van der Waals surface area (Å²) in [5.74, 6) is 0.696. The molecule has 1 aliphatic rings. The summed E-state index contributed by atoms with van der Waals surface area (Å²) >= 11 is 0. The summed E-state index contributed by atoms with van der Waals surface area (Å²) < 4.78 is 5.54. The van der Waals surface area contributed by atoms with E-state index in [9.17, 15) is 9.59 Å². The van der Waals surface area contributed by atoms with Crippen LogP contribution in [-0.4, -0.2) is 43.0 Å². The van der Waals surface area contributed by atoms with Gasteiger partial charge in [-0.3, -0.25) is 9.59 Å². The number of nitrogens with one attached hydrogen (secondary N) is 2. The van der Waals surface area contributed by atoms with E-state index in [1.807, 2.05) is 53.4 Å². The summed E-state index contributed by atoms with van der Waals surface area (Å²) in [6, 6.07) is 14.7. The molecule has 3 rings (SSSR count). The number of hydrogen-bond donors (Lipinski definition) is 2. The molecule has 6 heteroatoms. The second-order valence-corrected chi connectivity index (χ2v) is 7.21. The maximum absolute atomic E-state index is 12.6. The number of carbonyl (C=O) groups is 2. The number of anilines is 2. The lowest BCUT2D eigenvalue weighted by Gasteiger charge is -2.26. The highest BCUT2D eigenvalue weighted by atomic mass is 16.5. The van der Waals surface area contributed by atoms with Crippen LogP contribution in [-0.2, 0) is 4.79 Å². The fraction of sp³-hybridized carbons (Fsp3) is 0.391. The van der Waals surface area contributed by atoms with Gasteiger partial charge in [-0.15, -0.1) is 0 Å². The van der Waals surface area contributed by atoms with Gasteiger partial charge in [-0.25, -0.2) is 0 Å². The van der Waals surface area contributed by atoms with E-state index in [0.29, 0.717) is 12.2 Å². The minimum atomic E-state index is -0.153. The van der Waals surface area contributed by atoms with Gasteiger partial charge in [0.25, 0.3) is 5.91 Å². The first-order chi connectivity index (χ1) is 14.2. The van der Waals surface area contributed by atoms with Crippen LogP contribution in [0.25, 0.3) is 0 Å². The number of carbonyl (C=O) groups excluding carboxylic acids is 2. The fourth-order valence-electron chi connectivity index (χ4n) is 3.28. The van der Waals surface area contributed by atoms with Gasteiger partial charge in [0.05, 0.1) is 13.2 Å². The molecule has 1 heterocycles. The molecule has 0 radical (unpaired) electrons. The van der Waals surface area contributed by atoms with E-state index in [0.717, 1.165) is 49.5 Å². The Kier molecular flexibility index (Phi) is 7.50. The van der Waals surface area contributed by atoms with Gasteiger partial charge in [0.15, 0.2) is 0 Å². The van der Waals surface area contributed by atoms with Crippen molar-refractivity contribution in [2.75, 3.05) is 36.9 Å². The number of benzene rings is 2. The highest BCUT2D eigenvalue weighted by molar-refractivity contribution is 5.96. The average Bonchev–Trinajstić information content (AvgIpc) is 2.77. The Bertz CT molecular complexity index is 814. The molecule has 0 spiro atoms. The molecule has 1 saturated heterocycles. The van der Waals surface area contributed by atoms with E-state index in [2.05, 4.69) is 17.6 Å². The number of rotatable bonds is 8. The van der Waals surface area contributed by atoms with Crippen LogP contribution < -0.4 is 15.4 Å². The Morgan fingerprint density at radius 2 is 1.76 bits per heavy atom. The van der Waals surface area contributed by atoms with Crippen LogP contribution in [0, 0.1) is 0 Å². The molecular weight excluding hydrogens is 366 g/mol. The number of amides is 2. The van der Waals surface area contributed by atoms with Crippen LogP contribution in [0.4, 0.5) is 11.4 Å². The Morgan fingerprint density at radius 1 is 1.00 bits per heavy atom. The van der Waals surface area contributed by atoms with Gasteiger partial charge >= 0.3 is 0 Å². The molecule has 6 nitrogen and oxygen atoms in total. The van der Waals surface area contributed by atoms with Crippen molar-refractivity contribution >= 4 is 23.2 Å². The normalized spacial score (nSPS) is 13.6. The van der Waals surface area contributed by atoms with Crippen LogP contribution in [0.3, 0.4) is 0 Å². The van der Waals surface area contributed by atoms with Gasteiger partial charge in [0.2, 0.25) is 5.91 Å².